The third-order valence-corrected chi connectivity index (χ3v) is 3.19. The molecular formula is C16H10F3NO2. The Hall–Kier alpha value is -2.76. The molecule has 0 aliphatic carbocycles. The van der Waals surface area contributed by atoms with E-state index in [9.17, 15) is 18.0 Å². The summed E-state index contributed by atoms with van der Waals surface area (Å²) in [5, 5.41) is 0.923. The number of nitrogens with one attached hydrogen (secondary N) is 1. The highest BCUT2D eigenvalue weighted by Crippen LogP contribution is 2.30. The summed E-state index contributed by atoms with van der Waals surface area (Å²) in [6, 6.07) is 11.1. The van der Waals surface area contributed by atoms with Gasteiger partial charge in [0, 0.05) is 17.3 Å². The minimum absolute atomic E-state index is 0.117. The molecule has 0 fully saturated rings. The molecule has 0 aliphatic rings. The zero-order valence-electron chi connectivity index (χ0n) is 11.1. The second kappa shape index (κ2) is 5.22. The largest absolute Gasteiger partial charge is 0.573 e. The van der Waals surface area contributed by atoms with Crippen LogP contribution in [0.2, 0.25) is 0 Å². The van der Waals surface area contributed by atoms with Crippen molar-refractivity contribution in [2.45, 2.75) is 6.36 Å². The maximum absolute atomic E-state index is 12.4. The van der Waals surface area contributed by atoms with Crippen LogP contribution in [0.4, 0.5) is 13.2 Å². The molecule has 2 aromatic carbocycles. The van der Waals surface area contributed by atoms with Gasteiger partial charge in [-0.15, -0.1) is 13.2 Å². The van der Waals surface area contributed by atoms with E-state index in [1.807, 2.05) is 18.2 Å². The molecule has 3 nitrogen and oxygen atoms in total. The van der Waals surface area contributed by atoms with E-state index in [-0.39, 0.29) is 5.56 Å². The number of aromatic nitrogens is 1. The van der Waals surface area contributed by atoms with Gasteiger partial charge in [-0.05, 0) is 52.9 Å². The first kappa shape index (κ1) is 14.2. The number of aldehydes is 1. The molecule has 0 bridgehead atoms. The van der Waals surface area contributed by atoms with Gasteiger partial charge in [-0.25, -0.2) is 0 Å². The minimum Gasteiger partial charge on any atom is -0.406 e. The van der Waals surface area contributed by atoms with Gasteiger partial charge in [-0.1, -0.05) is 6.07 Å². The fourth-order valence-electron chi connectivity index (χ4n) is 2.28. The van der Waals surface area contributed by atoms with Crippen LogP contribution in [0.15, 0.2) is 48.7 Å². The van der Waals surface area contributed by atoms with Crippen LogP contribution in [0.25, 0.3) is 22.0 Å². The number of benzene rings is 2. The Morgan fingerprint density at radius 3 is 2.55 bits per heavy atom. The van der Waals surface area contributed by atoms with Crippen LogP contribution < -0.4 is 4.74 Å². The standard InChI is InChI=1S/C16H10F3NO2/c17-16(18,19)22-14-6-10(9-21)5-13(8-14)11-1-2-15-12(7-11)3-4-20-15/h1-9,20H. The smallest absolute Gasteiger partial charge is 0.406 e. The van der Waals surface area contributed by atoms with Crippen molar-refractivity contribution in [3.05, 3.63) is 54.2 Å². The normalized spacial score (nSPS) is 11.6. The van der Waals surface area contributed by atoms with Crippen molar-refractivity contribution >= 4 is 17.2 Å². The summed E-state index contributed by atoms with van der Waals surface area (Å²) in [6.45, 7) is 0. The predicted molar refractivity (Wildman–Crippen MR) is 75.8 cm³/mol. The molecule has 0 amide bonds. The van der Waals surface area contributed by atoms with E-state index in [4.69, 9.17) is 0 Å². The van der Waals surface area contributed by atoms with Crippen molar-refractivity contribution < 1.29 is 22.7 Å². The summed E-state index contributed by atoms with van der Waals surface area (Å²) in [6.07, 6.45) is -2.54. The molecule has 0 atom stereocenters. The van der Waals surface area contributed by atoms with E-state index in [1.165, 1.54) is 12.1 Å². The lowest BCUT2D eigenvalue weighted by molar-refractivity contribution is -0.274. The average molecular weight is 305 g/mol. The zero-order valence-corrected chi connectivity index (χ0v) is 11.1. The summed E-state index contributed by atoms with van der Waals surface area (Å²) in [5.41, 5.74) is 2.21. The number of rotatable bonds is 3. The van der Waals surface area contributed by atoms with E-state index in [0.717, 1.165) is 17.0 Å². The Morgan fingerprint density at radius 2 is 1.82 bits per heavy atom. The van der Waals surface area contributed by atoms with Gasteiger partial charge in [0.05, 0.1) is 0 Å². The number of aromatic amines is 1. The van der Waals surface area contributed by atoms with E-state index >= 15 is 0 Å². The summed E-state index contributed by atoms with van der Waals surface area (Å²) in [7, 11) is 0. The molecule has 1 aromatic heterocycles. The third-order valence-electron chi connectivity index (χ3n) is 3.19. The molecule has 22 heavy (non-hydrogen) atoms. The fourth-order valence-corrected chi connectivity index (χ4v) is 2.28. The first-order valence-corrected chi connectivity index (χ1v) is 6.38. The quantitative estimate of drug-likeness (QED) is 0.721. The molecule has 6 heteroatoms. The number of carbonyl (C=O) groups excluding carboxylic acids is 1. The first-order chi connectivity index (χ1) is 10.4. The van der Waals surface area contributed by atoms with Crippen molar-refractivity contribution in [3.63, 3.8) is 0 Å². The van der Waals surface area contributed by atoms with E-state index in [1.54, 1.807) is 12.3 Å². The van der Waals surface area contributed by atoms with Crippen molar-refractivity contribution in [2.75, 3.05) is 0 Å². The fraction of sp³-hybridized carbons (Fsp3) is 0.0625. The molecule has 112 valence electrons. The Morgan fingerprint density at radius 1 is 1.00 bits per heavy atom. The minimum atomic E-state index is -4.80. The molecule has 0 spiro atoms. The maximum Gasteiger partial charge on any atom is 0.573 e. The lowest BCUT2D eigenvalue weighted by atomic mass is 10.0. The van der Waals surface area contributed by atoms with Gasteiger partial charge in [0.15, 0.2) is 0 Å². The summed E-state index contributed by atoms with van der Waals surface area (Å²) < 4.78 is 41.0. The highest BCUT2D eigenvalue weighted by atomic mass is 19.4. The molecule has 3 aromatic rings. The Kier molecular flexibility index (Phi) is 3.36. The Bertz CT molecular complexity index is 837. The van der Waals surface area contributed by atoms with Gasteiger partial charge in [0.2, 0.25) is 0 Å². The SMILES string of the molecule is O=Cc1cc(OC(F)(F)F)cc(-c2ccc3[nH]ccc3c2)c1. The lowest BCUT2D eigenvalue weighted by Crippen LogP contribution is -2.17. The van der Waals surface area contributed by atoms with Crippen molar-refractivity contribution in [1.82, 2.24) is 4.98 Å². The monoisotopic (exact) mass is 305 g/mol. The second-order valence-corrected chi connectivity index (χ2v) is 4.74. The highest BCUT2D eigenvalue weighted by Gasteiger charge is 2.31. The van der Waals surface area contributed by atoms with Crippen LogP contribution in [-0.4, -0.2) is 17.6 Å². The number of H-pyrrole nitrogens is 1. The second-order valence-electron chi connectivity index (χ2n) is 4.74. The molecule has 0 saturated carbocycles. The van der Waals surface area contributed by atoms with Crippen LogP contribution in [0, 0.1) is 0 Å². The van der Waals surface area contributed by atoms with Crippen molar-refractivity contribution in [3.8, 4) is 16.9 Å². The van der Waals surface area contributed by atoms with E-state index < -0.39 is 12.1 Å². The first-order valence-electron chi connectivity index (χ1n) is 6.38. The summed E-state index contributed by atoms with van der Waals surface area (Å²) in [5.74, 6) is -0.415. The molecular weight excluding hydrogens is 295 g/mol. The topological polar surface area (TPSA) is 42.1 Å². The number of fused-ring (bicyclic) bond motifs is 1. The van der Waals surface area contributed by atoms with Crippen molar-refractivity contribution in [2.24, 2.45) is 0 Å². The van der Waals surface area contributed by atoms with Crippen molar-refractivity contribution in [1.29, 1.82) is 0 Å². The van der Waals surface area contributed by atoms with Crippen LogP contribution >= 0.6 is 0 Å². The maximum atomic E-state index is 12.4. The number of hydrogen-bond donors (Lipinski definition) is 1. The molecule has 0 saturated heterocycles. The molecule has 0 unspecified atom stereocenters. The molecule has 0 aliphatic heterocycles. The van der Waals surface area contributed by atoms with Gasteiger partial charge < -0.3 is 9.72 Å². The van der Waals surface area contributed by atoms with Gasteiger partial charge in [0.1, 0.15) is 12.0 Å². The van der Waals surface area contributed by atoms with Gasteiger partial charge in [-0.2, -0.15) is 0 Å². The van der Waals surface area contributed by atoms with E-state index in [0.29, 0.717) is 17.4 Å². The molecule has 3 rings (SSSR count). The van der Waals surface area contributed by atoms with Gasteiger partial charge >= 0.3 is 6.36 Å². The highest BCUT2D eigenvalue weighted by molar-refractivity contribution is 5.87. The number of ether oxygens (including phenoxy) is 1. The van der Waals surface area contributed by atoms with Crippen LogP contribution in [0.1, 0.15) is 10.4 Å². The third kappa shape index (κ3) is 2.95. The van der Waals surface area contributed by atoms with Crippen LogP contribution in [0.5, 0.6) is 5.75 Å². The summed E-state index contributed by atoms with van der Waals surface area (Å²) in [4.78, 5) is 14.0. The summed E-state index contributed by atoms with van der Waals surface area (Å²) >= 11 is 0. The average Bonchev–Trinajstić information content (AvgIpc) is 2.92. The number of hydrogen-bond acceptors (Lipinski definition) is 2. The predicted octanol–water partition coefficient (Wildman–Crippen LogP) is 4.55. The van der Waals surface area contributed by atoms with Gasteiger partial charge in [0.25, 0.3) is 0 Å². The van der Waals surface area contributed by atoms with E-state index in [2.05, 4.69) is 9.72 Å². The van der Waals surface area contributed by atoms with Gasteiger partial charge in [-0.3, -0.25) is 4.79 Å². The van der Waals surface area contributed by atoms with Crippen LogP contribution in [-0.2, 0) is 0 Å². The molecule has 1 N–H and O–H groups in total. The number of alkyl halides is 3. The number of carbonyl (C=O) groups is 1. The molecule has 1 heterocycles. The lowest BCUT2D eigenvalue weighted by Gasteiger charge is -2.11. The number of halogens is 3. The Balaban J connectivity index is 2.08. The van der Waals surface area contributed by atoms with Crippen LogP contribution in [0.3, 0.4) is 0 Å². The Labute approximate surface area is 123 Å². The molecule has 0 radical (unpaired) electrons. The zero-order chi connectivity index (χ0) is 15.7.